The minimum absolute atomic E-state index is 0.0889. The van der Waals surface area contributed by atoms with Crippen LogP contribution in [0.25, 0.3) is 16.4 Å². The molecule has 0 aliphatic carbocycles. The number of carbonyl (C=O) groups excluding carboxylic acids is 1. The number of hydrogen-bond acceptors (Lipinski definition) is 5. The summed E-state index contributed by atoms with van der Waals surface area (Å²) in [4.78, 5) is 28.4. The van der Waals surface area contributed by atoms with Crippen molar-refractivity contribution in [1.29, 1.82) is 0 Å². The highest BCUT2D eigenvalue weighted by Gasteiger charge is 2.15. The third-order valence-corrected chi connectivity index (χ3v) is 5.04. The van der Waals surface area contributed by atoms with Gasteiger partial charge in [-0.15, -0.1) is 0 Å². The highest BCUT2D eigenvalue weighted by molar-refractivity contribution is 5.84. The molecule has 0 bridgehead atoms. The summed E-state index contributed by atoms with van der Waals surface area (Å²) in [6.45, 7) is 3.86. The van der Waals surface area contributed by atoms with Gasteiger partial charge in [0.1, 0.15) is 12.4 Å². The third-order valence-electron chi connectivity index (χ3n) is 5.04. The van der Waals surface area contributed by atoms with Crippen molar-refractivity contribution in [3.8, 4) is 5.75 Å². The number of nitrogens with zero attached hydrogens (tertiary/aromatic N) is 2. The molecule has 0 aliphatic heterocycles. The van der Waals surface area contributed by atoms with E-state index in [1.807, 2.05) is 50.2 Å². The second-order valence-corrected chi connectivity index (χ2v) is 6.96. The molecule has 2 aromatic carbocycles. The fourth-order valence-electron chi connectivity index (χ4n) is 3.46. The van der Waals surface area contributed by atoms with Gasteiger partial charge in [0.2, 0.25) is 0 Å². The zero-order valence-electron chi connectivity index (χ0n) is 16.5. The molecule has 0 saturated heterocycles. The van der Waals surface area contributed by atoms with Crippen molar-refractivity contribution in [3.63, 3.8) is 0 Å². The number of aromatic amines is 1. The molecule has 2 aromatic heterocycles. The average molecular weight is 391 g/mol. The summed E-state index contributed by atoms with van der Waals surface area (Å²) in [6, 6.07) is 13.2. The summed E-state index contributed by atoms with van der Waals surface area (Å²) < 4.78 is 12.3. The van der Waals surface area contributed by atoms with Crippen molar-refractivity contribution in [3.05, 3.63) is 75.3 Å². The number of rotatable bonds is 5. The van der Waals surface area contributed by atoms with E-state index in [4.69, 9.17) is 9.47 Å². The van der Waals surface area contributed by atoms with Crippen LogP contribution >= 0.6 is 0 Å². The molecule has 4 rings (SSSR count). The Morgan fingerprint density at radius 3 is 2.66 bits per heavy atom. The zero-order valence-corrected chi connectivity index (χ0v) is 16.5. The number of aromatic nitrogens is 3. The van der Waals surface area contributed by atoms with E-state index in [0.717, 1.165) is 33.3 Å². The highest BCUT2D eigenvalue weighted by Crippen LogP contribution is 2.22. The van der Waals surface area contributed by atoms with Gasteiger partial charge in [0.05, 0.1) is 13.5 Å². The van der Waals surface area contributed by atoms with Gasteiger partial charge in [-0.25, -0.2) is 9.50 Å². The number of carbonyl (C=O) groups is 1. The molecule has 0 spiro atoms. The first-order valence-electron chi connectivity index (χ1n) is 9.25. The quantitative estimate of drug-likeness (QED) is 0.529. The summed E-state index contributed by atoms with van der Waals surface area (Å²) >= 11 is 0. The van der Waals surface area contributed by atoms with Crippen LogP contribution in [0, 0.1) is 13.8 Å². The van der Waals surface area contributed by atoms with Crippen molar-refractivity contribution >= 4 is 22.4 Å². The Morgan fingerprint density at radius 1 is 1.10 bits per heavy atom. The van der Waals surface area contributed by atoms with Crippen LogP contribution in [0.2, 0.25) is 0 Å². The lowest BCUT2D eigenvalue weighted by Gasteiger charge is -2.11. The van der Waals surface area contributed by atoms with Crippen molar-refractivity contribution in [2.24, 2.45) is 0 Å². The summed E-state index contributed by atoms with van der Waals surface area (Å²) in [5, 5.41) is 4.80. The predicted molar refractivity (Wildman–Crippen MR) is 109 cm³/mol. The van der Waals surface area contributed by atoms with E-state index in [0.29, 0.717) is 11.3 Å². The normalized spacial score (nSPS) is 11.1. The van der Waals surface area contributed by atoms with Gasteiger partial charge in [-0.05, 0) is 48.4 Å². The minimum atomic E-state index is -0.346. The number of benzene rings is 2. The SMILES string of the molecule is COc1ccc2cc(COC(=O)Cc3c(C)nc4cc(=O)[nH]n4c3C)ccc2c1. The third kappa shape index (κ3) is 3.71. The summed E-state index contributed by atoms with van der Waals surface area (Å²) in [5.74, 6) is 0.457. The fourth-order valence-corrected chi connectivity index (χ4v) is 3.46. The van der Waals surface area contributed by atoms with Gasteiger partial charge in [0, 0.05) is 23.0 Å². The number of ether oxygens (including phenoxy) is 2. The number of esters is 1. The van der Waals surface area contributed by atoms with Crippen LogP contribution in [-0.4, -0.2) is 27.7 Å². The molecule has 0 saturated carbocycles. The molecule has 0 amide bonds. The zero-order chi connectivity index (χ0) is 20.5. The summed E-state index contributed by atoms with van der Waals surface area (Å²) in [6.07, 6.45) is 0.0889. The fraction of sp³-hybridized carbons (Fsp3) is 0.227. The Hall–Kier alpha value is -3.61. The Labute approximate surface area is 166 Å². The van der Waals surface area contributed by atoms with Gasteiger partial charge in [-0.3, -0.25) is 14.7 Å². The van der Waals surface area contributed by atoms with E-state index in [1.54, 1.807) is 11.6 Å². The lowest BCUT2D eigenvalue weighted by atomic mass is 10.1. The molecule has 2 heterocycles. The predicted octanol–water partition coefficient (Wildman–Crippen LogP) is 3.09. The molecule has 0 atom stereocenters. The number of fused-ring (bicyclic) bond motifs is 2. The maximum atomic E-state index is 12.4. The van der Waals surface area contributed by atoms with Crippen LogP contribution in [0.3, 0.4) is 0 Å². The van der Waals surface area contributed by atoms with E-state index in [1.165, 1.54) is 6.07 Å². The first-order chi connectivity index (χ1) is 13.9. The molecule has 0 fully saturated rings. The van der Waals surface area contributed by atoms with Crippen LogP contribution in [0.1, 0.15) is 22.5 Å². The average Bonchev–Trinajstić information content (AvgIpc) is 3.09. The van der Waals surface area contributed by atoms with Crippen molar-refractivity contribution in [2.45, 2.75) is 26.9 Å². The van der Waals surface area contributed by atoms with E-state index >= 15 is 0 Å². The minimum Gasteiger partial charge on any atom is -0.497 e. The van der Waals surface area contributed by atoms with E-state index in [-0.39, 0.29) is 24.6 Å². The van der Waals surface area contributed by atoms with Gasteiger partial charge in [-0.2, -0.15) is 0 Å². The highest BCUT2D eigenvalue weighted by atomic mass is 16.5. The molecule has 148 valence electrons. The van der Waals surface area contributed by atoms with Gasteiger partial charge in [0.15, 0.2) is 5.65 Å². The molecule has 7 heteroatoms. The van der Waals surface area contributed by atoms with Crippen LogP contribution in [0.15, 0.2) is 47.3 Å². The number of H-pyrrole nitrogens is 1. The van der Waals surface area contributed by atoms with E-state index in [2.05, 4.69) is 10.1 Å². The number of nitrogens with one attached hydrogen (secondary N) is 1. The van der Waals surface area contributed by atoms with Gasteiger partial charge < -0.3 is 9.47 Å². The second kappa shape index (κ2) is 7.43. The van der Waals surface area contributed by atoms with Crippen molar-refractivity contribution in [2.75, 3.05) is 7.11 Å². The Morgan fingerprint density at radius 2 is 1.86 bits per heavy atom. The molecular formula is C22H21N3O4. The van der Waals surface area contributed by atoms with E-state index < -0.39 is 0 Å². The Kier molecular flexibility index (Phi) is 4.80. The topological polar surface area (TPSA) is 85.7 Å². The number of hydrogen-bond donors (Lipinski definition) is 1. The molecule has 0 radical (unpaired) electrons. The lowest BCUT2D eigenvalue weighted by Crippen LogP contribution is -2.13. The maximum Gasteiger partial charge on any atom is 0.310 e. The van der Waals surface area contributed by atoms with E-state index in [9.17, 15) is 9.59 Å². The largest absolute Gasteiger partial charge is 0.497 e. The summed E-state index contributed by atoms with van der Waals surface area (Å²) in [7, 11) is 1.64. The van der Waals surface area contributed by atoms with Crippen LogP contribution in [-0.2, 0) is 22.6 Å². The lowest BCUT2D eigenvalue weighted by molar-refractivity contribution is -0.144. The van der Waals surface area contributed by atoms with Crippen LogP contribution in [0.5, 0.6) is 5.75 Å². The molecule has 0 unspecified atom stereocenters. The number of aryl methyl sites for hydroxylation is 2. The van der Waals surface area contributed by atoms with Gasteiger partial charge in [-0.1, -0.05) is 18.2 Å². The summed E-state index contributed by atoms with van der Waals surface area (Å²) in [5.41, 5.74) is 3.45. The maximum absolute atomic E-state index is 12.4. The molecular weight excluding hydrogens is 370 g/mol. The first-order valence-corrected chi connectivity index (χ1v) is 9.25. The first kappa shape index (κ1) is 18.7. The van der Waals surface area contributed by atoms with Gasteiger partial charge in [0.25, 0.3) is 5.56 Å². The second-order valence-electron chi connectivity index (χ2n) is 6.96. The van der Waals surface area contributed by atoms with Crippen molar-refractivity contribution in [1.82, 2.24) is 14.6 Å². The standard InChI is InChI=1S/C22H21N3O4/c1-13-19(14(2)25-20(23-13)11-21(26)24-25)10-22(27)29-12-15-4-5-17-9-18(28-3)7-6-16(17)8-15/h4-9,11H,10,12H2,1-3H3,(H,24,26). The molecule has 4 aromatic rings. The van der Waals surface area contributed by atoms with Crippen molar-refractivity contribution < 1.29 is 14.3 Å². The monoisotopic (exact) mass is 391 g/mol. The van der Waals surface area contributed by atoms with Gasteiger partial charge >= 0.3 is 5.97 Å². The molecule has 1 N–H and O–H groups in total. The number of methoxy groups -OCH3 is 1. The van der Waals surface area contributed by atoms with Crippen LogP contribution in [0.4, 0.5) is 0 Å². The van der Waals surface area contributed by atoms with Crippen LogP contribution < -0.4 is 10.3 Å². The molecule has 7 nitrogen and oxygen atoms in total. The smallest absolute Gasteiger partial charge is 0.310 e. The Balaban J connectivity index is 1.48. The molecule has 29 heavy (non-hydrogen) atoms. The Bertz CT molecular complexity index is 1290. The molecule has 0 aliphatic rings.